The number of nitrogens with zero attached hydrogens (tertiary/aromatic N) is 4. The Morgan fingerprint density at radius 3 is 2.34 bits per heavy atom. The molecule has 9 nitrogen and oxygen atoms in total. The van der Waals surface area contributed by atoms with Crippen molar-refractivity contribution in [3.63, 3.8) is 0 Å². The summed E-state index contributed by atoms with van der Waals surface area (Å²) >= 11 is 0. The third-order valence-corrected chi connectivity index (χ3v) is 8.34. The summed E-state index contributed by atoms with van der Waals surface area (Å²) in [5.74, 6) is 1.89. The monoisotopic (exact) mass is 526 g/mol. The lowest BCUT2D eigenvalue weighted by Crippen LogP contribution is -2.54. The Labute approximate surface area is 226 Å². The van der Waals surface area contributed by atoms with Gasteiger partial charge in [0.15, 0.2) is 11.5 Å². The van der Waals surface area contributed by atoms with Gasteiger partial charge in [-0.15, -0.1) is 0 Å². The second-order valence-corrected chi connectivity index (χ2v) is 10.7. The first-order valence-electron chi connectivity index (χ1n) is 14.5. The summed E-state index contributed by atoms with van der Waals surface area (Å²) < 4.78 is 17.1. The number of amides is 2. The van der Waals surface area contributed by atoms with E-state index in [1.54, 1.807) is 5.01 Å². The molecule has 1 saturated carbocycles. The highest BCUT2D eigenvalue weighted by Gasteiger charge is 2.44. The normalized spacial score (nSPS) is 25.1. The van der Waals surface area contributed by atoms with Gasteiger partial charge in [0.25, 0.3) is 0 Å². The summed E-state index contributed by atoms with van der Waals surface area (Å²) in [6, 6.07) is 6.06. The summed E-state index contributed by atoms with van der Waals surface area (Å²) in [4.78, 5) is 30.7. The standard InChI is InChI=1S/C29H42N4O5/c1-3-37-25-10-9-21(19-26(25)38-4-2)28-23-7-5-6-8-24(23)29(35)33(30-28)22-11-13-32(14-12-22)27(34)20-31-15-17-36-18-16-31/h9-10,19,22-24H,3-8,11-18,20H2,1-2H3. The minimum atomic E-state index is -0.0284. The van der Waals surface area contributed by atoms with E-state index in [1.807, 2.05) is 30.9 Å². The number of benzene rings is 1. The molecule has 1 aliphatic carbocycles. The third kappa shape index (κ3) is 5.83. The van der Waals surface area contributed by atoms with Crippen LogP contribution in [0.25, 0.3) is 0 Å². The van der Waals surface area contributed by atoms with Crippen molar-refractivity contribution < 1.29 is 23.8 Å². The van der Waals surface area contributed by atoms with Crippen molar-refractivity contribution in [3.8, 4) is 11.5 Å². The highest BCUT2D eigenvalue weighted by atomic mass is 16.5. The quantitative estimate of drug-likeness (QED) is 0.518. The first-order chi connectivity index (χ1) is 18.6. The topological polar surface area (TPSA) is 83.9 Å². The number of morpholine rings is 1. The van der Waals surface area contributed by atoms with E-state index in [1.165, 1.54) is 0 Å². The molecule has 0 spiro atoms. The number of piperidine rings is 1. The van der Waals surface area contributed by atoms with E-state index in [4.69, 9.17) is 19.3 Å². The van der Waals surface area contributed by atoms with Crippen molar-refractivity contribution in [2.45, 2.75) is 58.4 Å². The summed E-state index contributed by atoms with van der Waals surface area (Å²) in [6.07, 6.45) is 5.59. The van der Waals surface area contributed by atoms with E-state index < -0.39 is 0 Å². The number of hydrogen-bond donors (Lipinski definition) is 0. The maximum atomic E-state index is 13.7. The third-order valence-electron chi connectivity index (χ3n) is 8.34. The Morgan fingerprint density at radius 1 is 0.947 bits per heavy atom. The van der Waals surface area contributed by atoms with Crippen LogP contribution in [0.2, 0.25) is 0 Å². The zero-order chi connectivity index (χ0) is 26.5. The molecule has 9 heteroatoms. The molecule has 5 rings (SSSR count). The van der Waals surface area contributed by atoms with Gasteiger partial charge in [-0.3, -0.25) is 14.5 Å². The molecule has 3 heterocycles. The fourth-order valence-corrected chi connectivity index (χ4v) is 6.32. The van der Waals surface area contributed by atoms with Gasteiger partial charge in [-0.25, -0.2) is 5.01 Å². The smallest absolute Gasteiger partial charge is 0.246 e. The number of hydrazone groups is 1. The molecular formula is C29H42N4O5. The van der Waals surface area contributed by atoms with Gasteiger partial charge in [0.1, 0.15) is 0 Å². The lowest BCUT2D eigenvalue weighted by atomic mass is 9.73. The summed E-state index contributed by atoms with van der Waals surface area (Å²) in [6.45, 7) is 9.82. The maximum absolute atomic E-state index is 13.7. The van der Waals surface area contributed by atoms with Crippen molar-refractivity contribution in [3.05, 3.63) is 23.8 Å². The van der Waals surface area contributed by atoms with Crippen molar-refractivity contribution in [2.75, 3.05) is 59.2 Å². The minimum absolute atomic E-state index is 0.0156. The second kappa shape index (κ2) is 12.5. The number of carbonyl (C=O) groups is 2. The number of likely N-dealkylation sites (tertiary alicyclic amines) is 1. The fraction of sp³-hybridized carbons (Fsp3) is 0.690. The molecule has 0 bridgehead atoms. The highest BCUT2D eigenvalue weighted by molar-refractivity contribution is 6.07. The van der Waals surface area contributed by atoms with E-state index >= 15 is 0 Å². The highest BCUT2D eigenvalue weighted by Crippen LogP contribution is 2.40. The molecule has 4 aliphatic rings. The summed E-state index contributed by atoms with van der Waals surface area (Å²) in [5, 5.41) is 6.84. The maximum Gasteiger partial charge on any atom is 0.246 e. The zero-order valence-electron chi connectivity index (χ0n) is 22.9. The average Bonchev–Trinajstić information content (AvgIpc) is 2.95. The van der Waals surface area contributed by atoms with Crippen LogP contribution in [0, 0.1) is 11.8 Å². The Hall–Kier alpha value is -2.65. The SMILES string of the molecule is CCOc1ccc(C2=NN(C3CCN(C(=O)CN4CCOCC4)CC3)C(=O)C3CCCCC23)cc1OCC. The van der Waals surface area contributed by atoms with Gasteiger partial charge in [0, 0.05) is 43.6 Å². The van der Waals surface area contributed by atoms with E-state index in [0.29, 0.717) is 46.1 Å². The van der Waals surface area contributed by atoms with Crippen molar-refractivity contribution >= 4 is 17.5 Å². The van der Waals surface area contributed by atoms with Crippen molar-refractivity contribution in [1.82, 2.24) is 14.8 Å². The molecule has 0 aromatic heterocycles. The predicted molar refractivity (Wildman–Crippen MR) is 144 cm³/mol. The first-order valence-corrected chi connectivity index (χ1v) is 14.5. The van der Waals surface area contributed by atoms with E-state index in [0.717, 1.165) is 74.4 Å². The van der Waals surface area contributed by atoms with Gasteiger partial charge in [-0.05, 0) is 57.7 Å². The molecule has 3 aliphatic heterocycles. The van der Waals surface area contributed by atoms with Gasteiger partial charge in [0.2, 0.25) is 11.8 Å². The van der Waals surface area contributed by atoms with E-state index in [-0.39, 0.29) is 29.7 Å². The number of fused-ring (bicyclic) bond motifs is 1. The van der Waals surface area contributed by atoms with Gasteiger partial charge in [0.05, 0.1) is 44.7 Å². The summed E-state index contributed by atoms with van der Waals surface area (Å²) in [5.41, 5.74) is 1.99. The van der Waals surface area contributed by atoms with Crippen LogP contribution >= 0.6 is 0 Å². The van der Waals surface area contributed by atoms with Gasteiger partial charge >= 0.3 is 0 Å². The number of ether oxygens (including phenoxy) is 3. The zero-order valence-corrected chi connectivity index (χ0v) is 22.9. The van der Waals surface area contributed by atoms with Gasteiger partial charge in [-0.1, -0.05) is 12.8 Å². The lowest BCUT2D eigenvalue weighted by Gasteiger charge is -2.43. The average molecular weight is 527 g/mol. The Balaban J connectivity index is 1.33. The molecule has 208 valence electrons. The minimum Gasteiger partial charge on any atom is -0.490 e. The van der Waals surface area contributed by atoms with Gasteiger partial charge in [-0.2, -0.15) is 5.10 Å². The summed E-state index contributed by atoms with van der Waals surface area (Å²) in [7, 11) is 0. The molecule has 1 aromatic carbocycles. The van der Waals surface area contributed by atoms with E-state index in [2.05, 4.69) is 11.0 Å². The van der Waals surface area contributed by atoms with Crippen LogP contribution in [0.5, 0.6) is 11.5 Å². The van der Waals surface area contributed by atoms with Crippen molar-refractivity contribution in [1.29, 1.82) is 0 Å². The number of carbonyl (C=O) groups excluding carboxylic acids is 2. The fourth-order valence-electron chi connectivity index (χ4n) is 6.32. The van der Waals surface area contributed by atoms with Crippen molar-refractivity contribution in [2.24, 2.45) is 16.9 Å². The second-order valence-electron chi connectivity index (χ2n) is 10.7. The first kappa shape index (κ1) is 26.9. The molecular weight excluding hydrogens is 484 g/mol. The predicted octanol–water partition coefficient (Wildman–Crippen LogP) is 3.16. The van der Waals surface area contributed by atoms with Crippen LogP contribution < -0.4 is 9.47 Å². The molecule has 0 radical (unpaired) electrons. The van der Waals surface area contributed by atoms with Crippen LogP contribution in [-0.4, -0.2) is 97.5 Å². The largest absolute Gasteiger partial charge is 0.490 e. The van der Waals surface area contributed by atoms with E-state index in [9.17, 15) is 9.59 Å². The van der Waals surface area contributed by atoms with Crippen LogP contribution in [0.1, 0.15) is 57.9 Å². The Morgan fingerprint density at radius 2 is 1.63 bits per heavy atom. The Kier molecular flexibility index (Phi) is 8.84. The molecule has 2 atom stereocenters. The van der Waals surface area contributed by atoms with Crippen LogP contribution in [0.15, 0.2) is 23.3 Å². The van der Waals surface area contributed by atoms with Gasteiger partial charge < -0.3 is 19.1 Å². The molecule has 2 amide bonds. The molecule has 2 unspecified atom stereocenters. The molecule has 38 heavy (non-hydrogen) atoms. The van der Waals surface area contributed by atoms with Crippen LogP contribution in [0.4, 0.5) is 0 Å². The number of rotatable bonds is 8. The van der Waals surface area contributed by atoms with Crippen LogP contribution in [0.3, 0.4) is 0 Å². The number of hydrogen-bond acceptors (Lipinski definition) is 7. The lowest BCUT2D eigenvalue weighted by molar-refractivity contribution is -0.143. The molecule has 0 N–H and O–H groups in total. The Bertz CT molecular complexity index is 1020. The molecule has 1 aromatic rings. The van der Waals surface area contributed by atoms with Crippen LogP contribution in [-0.2, 0) is 14.3 Å². The molecule has 2 saturated heterocycles. The molecule has 3 fully saturated rings.